The highest BCUT2D eigenvalue weighted by molar-refractivity contribution is 6.33. The maximum absolute atomic E-state index is 13.3. The fourth-order valence-electron chi connectivity index (χ4n) is 4.35. The summed E-state index contributed by atoms with van der Waals surface area (Å²) >= 11 is 6.28. The summed E-state index contributed by atoms with van der Waals surface area (Å²) in [6.45, 7) is 8.47. The van der Waals surface area contributed by atoms with E-state index in [-0.39, 0.29) is 24.4 Å². The van der Waals surface area contributed by atoms with Crippen molar-refractivity contribution in [2.24, 2.45) is 0 Å². The van der Waals surface area contributed by atoms with Gasteiger partial charge in [0, 0.05) is 43.3 Å². The second-order valence-corrected chi connectivity index (χ2v) is 9.54. The molecule has 8 heteroatoms. The zero-order valence-electron chi connectivity index (χ0n) is 21.0. The summed E-state index contributed by atoms with van der Waals surface area (Å²) in [5.41, 5.74) is 3.13. The smallest absolute Gasteiger partial charge is 0.254 e. The quantitative estimate of drug-likeness (QED) is 0.465. The van der Waals surface area contributed by atoms with Crippen LogP contribution in [0, 0.1) is 6.92 Å². The van der Waals surface area contributed by atoms with Crippen molar-refractivity contribution in [1.82, 2.24) is 20.0 Å². The summed E-state index contributed by atoms with van der Waals surface area (Å²) in [6.07, 6.45) is 0.779. The predicted octanol–water partition coefficient (Wildman–Crippen LogP) is 4.69. The average Bonchev–Trinajstić information content (AvgIpc) is 2.91. The molecule has 0 aliphatic carbocycles. The van der Waals surface area contributed by atoms with Crippen molar-refractivity contribution in [2.45, 2.75) is 33.2 Å². The van der Waals surface area contributed by atoms with Crippen LogP contribution in [0.15, 0.2) is 60.7 Å². The van der Waals surface area contributed by atoms with E-state index in [9.17, 15) is 9.59 Å². The first kappa shape index (κ1) is 25.6. The Morgan fingerprint density at radius 3 is 2.31 bits per heavy atom. The van der Waals surface area contributed by atoms with Gasteiger partial charge in [0.25, 0.3) is 5.91 Å². The Hall–Kier alpha value is -3.45. The molecule has 1 aliphatic heterocycles. The number of aryl methyl sites for hydroxylation is 1. The molecule has 2 aromatic carbocycles. The molecule has 0 bridgehead atoms. The van der Waals surface area contributed by atoms with Crippen LogP contribution < -0.4 is 4.90 Å². The van der Waals surface area contributed by atoms with Gasteiger partial charge in [-0.05, 0) is 50.1 Å². The number of hydrogen-bond acceptors (Lipinski definition) is 5. The van der Waals surface area contributed by atoms with Crippen molar-refractivity contribution in [2.75, 3.05) is 37.6 Å². The Labute approximate surface area is 217 Å². The van der Waals surface area contributed by atoms with Gasteiger partial charge in [-0.15, -0.1) is 10.2 Å². The molecule has 4 rings (SSSR count). The number of hydrogen-bond donors (Lipinski definition) is 0. The molecule has 1 saturated heterocycles. The van der Waals surface area contributed by atoms with Crippen LogP contribution in [0.2, 0.25) is 5.02 Å². The first-order valence-electron chi connectivity index (χ1n) is 12.4. The van der Waals surface area contributed by atoms with Crippen molar-refractivity contribution in [3.05, 3.63) is 76.8 Å². The van der Waals surface area contributed by atoms with E-state index >= 15 is 0 Å². The van der Waals surface area contributed by atoms with Crippen LogP contribution in [0.5, 0.6) is 0 Å². The van der Waals surface area contributed by atoms with Crippen LogP contribution in [-0.4, -0.2) is 70.6 Å². The number of anilines is 1. The molecule has 3 aromatic rings. The normalized spacial score (nSPS) is 14.4. The number of aromatic nitrogens is 2. The molecule has 2 amide bonds. The number of piperazine rings is 1. The molecule has 0 N–H and O–H groups in total. The number of benzene rings is 2. The molecule has 0 spiro atoms. The zero-order valence-corrected chi connectivity index (χ0v) is 21.8. The summed E-state index contributed by atoms with van der Waals surface area (Å²) in [7, 11) is 0. The molecule has 0 saturated carbocycles. The molecule has 1 fully saturated rings. The Balaban J connectivity index is 1.38. The third-order valence-electron chi connectivity index (χ3n) is 6.82. The number of carbonyl (C=O) groups excluding carboxylic acids is 2. The molecule has 7 nitrogen and oxygen atoms in total. The van der Waals surface area contributed by atoms with Crippen molar-refractivity contribution in [3.8, 4) is 11.3 Å². The minimum atomic E-state index is -0.0941. The van der Waals surface area contributed by atoms with Gasteiger partial charge < -0.3 is 14.7 Å². The number of amides is 2. The maximum atomic E-state index is 13.3. The average molecular weight is 506 g/mol. The molecule has 0 radical (unpaired) electrons. The highest BCUT2D eigenvalue weighted by Crippen LogP contribution is 2.26. The van der Waals surface area contributed by atoms with E-state index in [4.69, 9.17) is 11.6 Å². The van der Waals surface area contributed by atoms with Crippen molar-refractivity contribution < 1.29 is 9.59 Å². The van der Waals surface area contributed by atoms with Gasteiger partial charge >= 0.3 is 0 Å². The second-order valence-electron chi connectivity index (χ2n) is 9.13. The largest absolute Gasteiger partial charge is 0.352 e. The van der Waals surface area contributed by atoms with E-state index in [1.807, 2.05) is 86.3 Å². The minimum absolute atomic E-state index is 0.0305. The number of halogens is 1. The monoisotopic (exact) mass is 505 g/mol. The summed E-state index contributed by atoms with van der Waals surface area (Å²) in [6, 6.07) is 18.9. The Kier molecular flexibility index (Phi) is 8.21. The van der Waals surface area contributed by atoms with Gasteiger partial charge in [0.2, 0.25) is 5.91 Å². The van der Waals surface area contributed by atoms with Crippen LogP contribution in [0.3, 0.4) is 0 Å². The number of nitrogens with zero attached hydrogens (tertiary/aromatic N) is 5. The SMILES string of the molecule is CC[C@H](C)N(CC(=O)N1CCN(c2ccc(-c3ccccc3Cl)nn2)CC1)C(=O)c1ccccc1C. The first-order valence-corrected chi connectivity index (χ1v) is 12.7. The highest BCUT2D eigenvalue weighted by Gasteiger charge is 2.28. The van der Waals surface area contributed by atoms with Gasteiger partial charge in [-0.1, -0.05) is 54.9 Å². The molecule has 0 unspecified atom stereocenters. The van der Waals surface area contributed by atoms with Gasteiger partial charge in [0.15, 0.2) is 5.82 Å². The van der Waals surface area contributed by atoms with Crippen LogP contribution in [0.4, 0.5) is 5.82 Å². The standard InChI is InChI=1S/C28H32ClN5O2/c1-4-21(3)34(28(36)22-10-6-5-9-20(22)2)19-27(35)33-17-15-32(16-18-33)26-14-13-25(30-31-26)23-11-7-8-12-24(23)29/h5-14,21H,4,15-19H2,1-3H3/t21-/m0/s1. The van der Waals surface area contributed by atoms with Gasteiger partial charge in [0.1, 0.15) is 6.54 Å². The van der Waals surface area contributed by atoms with E-state index in [1.54, 1.807) is 4.90 Å². The molecule has 188 valence electrons. The summed E-state index contributed by atoms with van der Waals surface area (Å²) in [5, 5.41) is 9.40. The van der Waals surface area contributed by atoms with E-state index in [1.165, 1.54) is 0 Å². The first-order chi connectivity index (χ1) is 17.4. The van der Waals surface area contributed by atoms with Crippen LogP contribution in [0.1, 0.15) is 36.2 Å². The molecule has 36 heavy (non-hydrogen) atoms. The van der Waals surface area contributed by atoms with E-state index in [0.29, 0.717) is 36.8 Å². The van der Waals surface area contributed by atoms with E-state index in [0.717, 1.165) is 29.1 Å². The lowest BCUT2D eigenvalue weighted by atomic mass is 10.1. The summed E-state index contributed by atoms with van der Waals surface area (Å²) in [5.74, 6) is 0.647. The lowest BCUT2D eigenvalue weighted by molar-refractivity contribution is -0.132. The number of carbonyl (C=O) groups is 2. The molecular formula is C28H32ClN5O2. The molecule has 1 atom stereocenters. The lowest BCUT2D eigenvalue weighted by Gasteiger charge is -2.37. The summed E-state index contributed by atoms with van der Waals surface area (Å²) < 4.78 is 0. The van der Waals surface area contributed by atoms with Crippen LogP contribution >= 0.6 is 11.6 Å². The highest BCUT2D eigenvalue weighted by atomic mass is 35.5. The molecule has 1 aliphatic rings. The zero-order chi connectivity index (χ0) is 25.7. The summed E-state index contributed by atoms with van der Waals surface area (Å²) in [4.78, 5) is 32.2. The third kappa shape index (κ3) is 5.68. The van der Waals surface area contributed by atoms with Crippen LogP contribution in [0.25, 0.3) is 11.3 Å². The molecule has 1 aromatic heterocycles. The fourth-order valence-corrected chi connectivity index (χ4v) is 4.59. The van der Waals surface area contributed by atoms with Gasteiger partial charge in [0.05, 0.1) is 10.7 Å². The van der Waals surface area contributed by atoms with E-state index in [2.05, 4.69) is 15.1 Å². The Morgan fingerprint density at radius 1 is 0.972 bits per heavy atom. The predicted molar refractivity (Wildman–Crippen MR) is 143 cm³/mol. The maximum Gasteiger partial charge on any atom is 0.254 e. The van der Waals surface area contributed by atoms with Crippen molar-refractivity contribution in [3.63, 3.8) is 0 Å². The lowest BCUT2D eigenvalue weighted by Crippen LogP contribution is -2.53. The fraction of sp³-hybridized carbons (Fsp3) is 0.357. The number of rotatable bonds is 7. The van der Waals surface area contributed by atoms with Crippen molar-refractivity contribution >= 4 is 29.2 Å². The van der Waals surface area contributed by atoms with Crippen LogP contribution in [-0.2, 0) is 4.79 Å². The molecular weight excluding hydrogens is 474 g/mol. The Morgan fingerprint density at radius 2 is 1.67 bits per heavy atom. The minimum Gasteiger partial charge on any atom is -0.352 e. The second kappa shape index (κ2) is 11.5. The molecule has 2 heterocycles. The van der Waals surface area contributed by atoms with E-state index < -0.39 is 0 Å². The van der Waals surface area contributed by atoms with Gasteiger partial charge in [-0.2, -0.15) is 0 Å². The van der Waals surface area contributed by atoms with Gasteiger partial charge in [-0.3, -0.25) is 9.59 Å². The third-order valence-corrected chi connectivity index (χ3v) is 7.15. The Bertz CT molecular complexity index is 1210. The van der Waals surface area contributed by atoms with Gasteiger partial charge in [-0.25, -0.2) is 0 Å². The topological polar surface area (TPSA) is 69.6 Å². The van der Waals surface area contributed by atoms with Crippen molar-refractivity contribution in [1.29, 1.82) is 0 Å².